The first-order valence-corrected chi connectivity index (χ1v) is 12.3. The quantitative estimate of drug-likeness (QED) is 0.320. The van der Waals surface area contributed by atoms with Crippen LogP contribution in [-0.4, -0.2) is 69.8 Å². The van der Waals surface area contributed by atoms with Gasteiger partial charge in [0.25, 0.3) is 0 Å². The number of nitrogens with one attached hydrogen (secondary N) is 2. The Morgan fingerprint density at radius 3 is 2.91 bits per heavy atom. The Morgan fingerprint density at radius 2 is 2.12 bits per heavy atom. The van der Waals surface area contributed by atoms with Gasteiger partial charge in [0.2, 0.25) is 0 Å². The van der Waals surface area contributed by atoms with Crippen LogP contribution in [0.15, 0.2) is 29.1 Å². The molecular weight excluding hydrogens is 491 g/mol. The van der Waals surface area contributed by atoms with Crippen molar-refractivity contribution in [3.8, 4) is 0 Å². The minimum Gasteiger partial charge on any atom is -0.480 e. The van der Waals surface area contributed by atoms with Crippen LogP contribution < -0.4 is 10.6 Å². The first-order chi connectivity index (χ1) is 16.1. The summed E-state index contributed by atoms with van der Waals surface area (Å²) in [6.45, 7) is 2.58. The number of fused-ring (bicyclic) bond motifs is 1. The number of aliphatic carboxylic acids is 1. The molecule has 0 saturated heterocycles. The minimum atomic E-state index is -0.946. The Hall–Kier alpha value is -2.33. The molecule has 0 fully saturated rings. The van der Waals surface area contributed by atoms with E-state index < -0.39 is 12.0 Å². The number of pyridine rings is 1. The number of rotatable bonds is 14. The standard InChI is InChI=1S/C23H32BrFN6O2/c24-19-15-26-16-28-22(19)30-20(23(32)33)9-14-31(13-4-10-25)12-2-1-6-18-8-7-17-5-3-11-27-21(17)29-18/h7-8,15-16,20H,1-6,9-14H2,(H,27,29)(H,32,33)(H,26,28,30). The number of hydrogen-bond donors (Lipinski definition) is 3. The number of alkyl halides is 1. The second-order valence-corrected chi connectivity index (χ2v) is 9.08. The van der Waals surface area contributed by atoms with Gasteiger partial charge in [0.1, 0.15) is 24.0 Å². The monoisotopic (exact) mass is 522 g/mol. The van der Waals surface area contributed by atoms with Gasteiger partial charge in [-0.2, -0.15) is 0 Å². The van der Waals surface area contributed by atoms with Crippen LogP contribution in [0, 0.1) is 0 Å². The molecule has 0 aliphatic carbocycles. The fraction of sp³-hybridized carbons (Fsp3) is 0.565. The fourth-order valence-corrected chi connectivity index (χ4v) is 4.26. The zero-order valence-corrected chi connectivity index (χ0v) is 20.4. The van der Waals surface area contributed by atoms with Crippen molar-refractivity contribution in [2.45, 2.75) is 51.0 Å². The Bertz CT molecular complexity index is 903. The van der Waals surface area contributed by atoms with Crippen LogP contribution in [0.5, 0.6) is 0 Å². The summed E-state index contributed by atoms with van der Waals surface area (Å²) in [4.78, 5) is 26.6. The van der Waals surface area contributed by atoms with Crippen LogP contribution in [0.25, 0.3) is 0 Å². The van der Waals surface area contributed by atoms with Crippen LogP contribution in [-0.2, 0) is 17.6 Å². The van der Waals surface area contributed by atoms with Crippen molar-refractivity contribution in [2.75, 3.05) is 43.5 Å². The molecule has 0 amide bonds. The number of carboxylic acid groups (broad SMARTS) is 1. The average molecular weight is 523 g/mol. The largest absolute Gasteiger partial charge is 0.480 e. The van der Waals surface area contributed by atoms with Gasteiger partial charge in [-0.05, 0) is 79.1 Å². The SMILES string of the molecule is O=C(O)C(CCN(CCCF)CCCCc1ccc2c(n1)NCCC2)Nc1ncncc1Br. The molecule has 1 unspecified atom stereocenters. The van der Waals surface area contributed by atoms with Gasteiger partial charge in [0, 0.05) is 31.5 Å². The van der Waals surface area contributed by atoms with Gasteiger partial charge < -0.3 is 20.6 Å². The maximum atomic E-state index is 12.8. The second-order valence-electron chi connectivity index (χ2n) is 8.23. The van der Waals surface area contributed by atoms with E-state index in [0.717, 1.165) is 56.7 Å². The van der Waals surface area contributed by atoms with Gasteiger partial charge in [-0.15, -0.1) is 0 Å². The van der Waals surface area contributed by atoms with E-state index in [9.17, 15) is 14.3 Å². The highest BCUT2D eigenvalue weighted by Gasteiger charge is 2.20. The number of aromatic nitrogens is 3. The van der Waals surface area contributed by atoms with E-state index >= 15 is 0 Å². The van der Waals surface area contributed by atoms with Crippen LogP contribution in [0.4, 0.5) is 16.0 Å². The molecule has 1 atom stereocenters. The summed E-state index contributed by atoms with van der Waals surface area (Å²) in [5.74, 6) is 0.517. The van der Waals surface area contributed by atoms with E-state index in [2.05, 4.69) is 53.6 Å². The number of carboxylic acids is 1. The molecule has 0 spiro atoms. The van der Waals surface area contributed by atoms with Crippen LogP contribution >= 0.6 is 15.9 Å². The van der Waals surface area contributed by atoms with Crippen molar-refractivity contribution in [1.29, 1.82) is 0 Å². The molecule has 2 aromatic heterocycles. The predicted octanol–water partition coefficient (Wildman–Crippen LogP) is 3.93. The maximum Gasteiger partial charge on any atom is 0.326 e. The summed E-state index contributed by atoms with van der Waals surface area (Å²) in [5.41, 5.74) is 2.38. The van der Waals surface area contributed by atoms with E-state index in [1.807, 2.05) is 0 Å². The smallest absolute Gasteiger partial charge is 0.326 e. The van der Waals surface area contributed by atoms with Crippen molar-refractivity contribution < 1.29 is 14.3 Å². The number of aryl methyl sites for hydroxylation is 2. The number of halogens is 2. The lowest BCUT2D eigenvalue weighted by atomic mass is 10.1. The van der Waals surface area contributed by atoms with E-state index in [4.69, 9.17) is 4.98 Å². The van der Waals surface area contributed by atoms with E-state index in [1.165, 1.54) is 11.9 Å². The Kier molecular flexibility index (Phi) is 10.3. The van der Waals surface area contributed by atoms with Gasteiger partial charge in [-0.1, -0.05) is 6.07 Å². The molecule has 8 nitrogen and oxygen atoms in total. The zero-order chi connectivity index (χ0) is 23.5. The maximum absolute atomic E-state index is 12.8. The number of anilines is 2. The van der Waals surface area contributed by atoms with Gasteiger partial charge >= 0.3 is 5.97 Å². The Balaban J connectivity index is 1.47. The molecule has 33 heavy (non-hydrogen) atoms. The topological polar surface area (TPSA) is 103 Å². The third-order valence-corrected chi connectivity index (χ3v) is 6.31. The number of carbonyl (C=O) groups is 1. The lowest BCUT2D eigenvalue weighted by molar-refractivity contribution is -0.138. The van der Waals surface area contributed by atoms with Crippen molar-refractivity contribution in [3.63, 3.8) is 0 Å². The molecule has 0 saturated carbocycles. The fourth-order valence-electron chi connectivity index (χ4n) is 3.92. The molecule has 10 heteroatoms. The third-order valence-electron chi connectivity index (χ3n) is 5.73. The average Bonchev–Trinajstić information content (AvgIpc) is 2.82. The number of nitrogens with zero attached hydrogens (tertiary/aromatic N) is 4. The molecule has 180 valence electrons. The van der Waals surface area contributed by atoms with Gasteiger partial charge in [-0.3, -0.25) is 4.39 Å². The highest BCUT2D eigenvalue weighted by atomic mass is 79.9. The van der Waals surface area contributed by atoms with Crippen molar-refractivity contribution in [2.24, 2.45) is 0 Å². The molecule has 0 bridgehead atoms. The third kappa shape index (κ3) is 8.19. The van der Waals surface area contributed by atoms with Crippen molar-refractivity contribution in [1.82, 2.24) is 19.9 Å². The summed E-state index contributed by atoms with van der Waals surface area (Å²) in [5, 5.41) is 16.0. The lowest BCUT2D eigenvalue weighted by Crippen LogP contribution is -2.36. The van der Waals surface area contributed by atoms with Crippen LogP contribution in [0.2, 0.25) is 0 Å². The summed E-state index contributed by atoms with van der Waals surface area (Å²) in [6, 6.07) is 3.49. The van der Waals surface area contributed by atoms with Crippen molar-refractivity contribution >= 4 is 33.5 Å². The predicted molar refractivity (Wildman–Crippen MR) is 130 cm³/mol. The van der Waals surface area contributed by atoms with Crippen LogP contribution in [0.3, 0.4) is 0 Å². The Morgan fingerprint density at radius 1 is 1.27 bits per heavy atom. The molecule has 0 radical (unpaired) electrons. The number of unbranched alkanes of at least 4 members (excludes halogenated alkanes) is 1. The molecule has 3 heterocycles. The first kappa shape index (κ1) is 25.3. The van der Waals surface area contributed by atoms with Crippen molar-refractivity contribution in [3.05, 3.63) is 40.4 Å². The van der Waals surface area contributed by atoms with Gasteiger partial charge in [0.05, 0.1) is 11.1 Å². The highest BCUT2D eigenvalue weighted by molar-refractivity contribution is 9.10. The number of hydrogen-bond acceptors (Lipinski definition) is 7. The highest BCUT2D eigenvalue weighted by Crippen LogP contribution is 2.21. The van der Waals surface area contributed by atoms with E-state index in [1.54, 1.807) is 6.20 Å². The minimum absolute atomic E-state index is 0.378. The molecule has 1 aliphatic rings. The lowest BCUT2D eigenvalue weighted by Gasteiger charge is -2.24. The molecule has 1 aliphatic heterocycles. The zero-order valence-electron chi connectivity index (χ0n) is 18.8. The molecule has 0 aromatic carbocycles. The van der Waals surface area contributed by atoms with E-state index in [0.29, 0.717) is 36.2 Å². The normalized spacial score (nSPS) is 13.9. The molecule has 3 rings (SSSR count). The summed E-state index contributed by atoms with van der Waals surface area (Å²) in [6.07, 6.45) is 8.82. The first-order valence-electron chi connectivity index (χ1n) is 11.5. The molecule has 2 aromatic rings. The summed E-state index contributed by atoms with van der Waals surface area (Å²) >= 11 is 3.33. The summed E-state index contributed by atoms with van der Waals surface area (Å²) < 4.78 is 13.4. The summed E-state index contributed by atoms with van der Waals surface area (Å²) in [7, 11) is 0. The Labute approximate surface area is 202 Å². The van der Waals surface area contributed by atoms with Gasteiger partial charge in [-0.25, -0.2) is 19.7 Å². The van der Waals surface area contributed by atoms with Crippen LogP contribution in [0.1, 0.15) is 43.4 Å². The molecular formula is C23H32BrFN6O2. The second kappa shape index (κ2) is 13.4. The van der Waals surface area contributed by atoms with Gasteiger partial charge in [0.15, 0.2) is 0 Å². The van der Waals surface area contributed by atoms with E-state index in [-0.39, 0.29) is 6.67 Å². The molecule has 3 N–H and O–H groups in total.